The normalized spacial score (nSPS) is 30.5. The highest BCUT2D eigenvalue weighted by molar-refractivity contribution is 5.19. The SMILES string of the molecule is CC1CCC(c2ccccc2)CC1.CC1CCNC1. The first kappa shape index (κ1) is 14.6. The van der Waals surface area contributed by atoms with Crippen LogP contribution in [0.4, 0.5) is 0 Å². The van der Waals surface area contributed by atoms with Crippen LogP contribution in [-0.4, -0.2) is 13.1 Å². The lowest BCUT2D eigenvalue weighted by Gasteiger charge is -2.26. The van der Waals surface area contributed by atoms with Crippen molar-refractivity contribution in [3.05, 3.63) is 35.9 Å². The highest BCUT2D eigenvalue weighted by Gasteiger charge is 2.18. The summed E-state index contributed by atoms with van der Waals surface area (Å²) in [5.41, 5.74) is 1.55. The summed E-state index contributed by atoms with van der Waals surface area (Å²) in [5, 5.41) is 3.27. The number of benzene rings is 1. The van der Waals surface area contributed by atoms with Gasteiger partial charge in [-0.1, -0.05) is 57.0 Å². The summed E-state index contributed by atoms with van der Waals surface area (Å²) in [4.78, 5) is 0. The molecule has 1 heterocycles. The first-order valence-corrected chi connectivity index (χ1v) is 8.01. The summed E-state index contributed by atoms with van der Waals surface area (Å²) in [5.74, 6) is 2.74. The molecule has 19 heavy (non-hydrogen) atoms. The Labute approximate surface area is 118 Å². The van der Waals surface area contributed by atoms with Gasteiger partial charge in [-0.05, 0) is 55.7 Å². The van der Waals surface area contributed by atoms with Crippen molar-refractivity contribution in [3.8, 4) is 0 Å². The third-order valence-electron chi connectivity index (χ3n) is 4.59. The second-order valence-electron chi connectivity index (χ2n) is 6.47. The fourth-order valence-corrected chi connectivity index (χ4v) is 3.12. The van der Waals surface area contributed by atoms with Gasteiger partial charge in [-0.15, -0.1) is 0 Å². The van der Waals surface area contributed by atoms with Crippen LogP contribution in [0.5, 0.6) is 0 Å². The molecule has 1 heteroatoms. The summed E-state index contributed by atoms with van der Waals surface area (Å²) >= 11 is 0. The van der Waals surface area contributed by atoms with Crippen LogP contribution in [0.25, 0.3) is 0 Å². The van der Waals surface area contributed by atoms with Crippen molar-refractivity contribution < 1.29 is 0 Å². The second-order valence-corrected chi connectivity index (χ2v) is 6.47. The van der Waals surface area contributed by atoms with Crippen molar-refractivity contribution in [1.82, 2.24) is 5.32 Å². The van der Waals surface area contributed by atoms with Crippen molar-refractivity contribution >= 4 is 0 Å². The molecule has 1 N–H and O–H groups in total. The minimum absolute atomic E-state index is 0.845. The molecular formula is C18H29N. The van der Waals surface area contributed by atoms with Crippen molar-refractivity contribution in [2.75, 3.05) is 13.1 Å². The minimum Gasteiger partial charge on any atom is -0.316 e. The van der Waals surface area contributed by atoms with Crippen molar-refractivity contribution in [3.63, 3.8) is 0 Å². The van der Waals surface area contributed by atoms with E-state index in [2.05, 4.69) is 49.5 Å². The second kappa shape index (κ2) is 7.69. The lowest BCUT2D eigenvalue weighted by atomic mass is 9.79. The molecular weight excluding hydrogens is 230 g/mol. The van der Waals surface area contributed by atoms with E-state index < -0.39 is 0 Å². The Bertz CT molecular complexity index is 332. The average molecular weight is 259 g/mol. The molecule has 1 aromatic rings. The fourth-order valence-electron chi connectivity index (χ4n) is 3.12. The summed E-state index contributed by atoms with van der Waals surface area (Å²) in [6.07, 6.45) is 7.00. The summed E-state index contributed by atoms with van der Waals surface area (Å²) in [7, 11) is 0. The van der Waals surface area contributed by atoms with Crippen molar-refractivity contribution in [2.45, 2.75) is 51.9 Å². The van der Waals surface area contributed by atoms with Crippen LogP contribution < -0.4 is 5.32 Å². The first-order chi connectivity index (χ1) is 9.25. The Morgan fingerprint density at radius 1 is 0.842 bits per heavy atom. The van der Waals surface area contributed by atoms with Crippen molar-refractivity contribution in [1.29, 1.82) is 0 Å². The van der Waals surface area contributed by atoms with Gasteiger partial charge in [0.1, 0.15) is 0 Å². The van der Waals surface area contributed by atoms with E-state index >= 15 is 0 Å². The standard InChI is InChI=1S/C13H18.C5H11N/c1-11-7-9-13(10-8-11)12-5-3-2-4-6-12;1-5-2-3-6-4-5/h2-6,11,13H,7-10H2,1H3;5-6H,2-4H2,1H3. The molecule has 1 aliphatic carbocycles. The van der Waals surface area contributed by atoms with Crippen LogP contribution in [0.2, 0.25) is 0 Å². The third kappa shape index (κ3) is 4.99. The summed E-state index contributed by atoms with van der Waals surface area (Å²) in [6.45, 7) is 7.13. The van der Waals surface area contributed by atoms with E-state index in [1.165, 1.54) is 45.2 Å². The van der Waals surface area contributed by atoms with E-state index in [0.29, 0.717) is 0 Å². The van der Waals surface area contributed by atoms with Gasteiger partial charge in [0.05, 0.1) is 0 Å². The third-order valence-corrected chi connectivity index (χ3v) is 4.59. The molecule has 1 saturated carbocycles. The maximum Gasteiger partial charge on any atom is -0.00227 e. The number of hydrogen-bond donors (Lipinski definition) is 1. The van der Waals surface area contributed by atoms with Crippen LogP contribution in [0.15, 0.2) is 30.3 Å². The molecule has 0 amide bonds. The molecule has 0 aromatic heterocycles. The van der Waals surface area contributed by atoms with Gasteiger partial charge in [-0.3, -0.25) is 0 Å². The zero-order valence-electron chi connectivity index (χ0n) is 12.6. The topological polar surface area (TPSA) is 12.0 Å². The van der Waals surface area contributed by atoms with Crippen LogP contribution in [-0.2, 0) is 0 Å². The Morgan fingerprint density at radius 3 is 2.00 bits per heavy atom. The molecule has 1 unspecified atom stereocenters. The molecule has 0 bridgehead atoms. The van der Waals surface area contributed by atoms with E-state index in [-0.39, 0.29) is 0 Å². The molecule has 2 fully saturated rings. The van der Waals surface area contributed by atoms with Crippen LogP contribution in [0, 0.1) is 11.8 Å². The number of hydrogen-bond acceptors (Lipinski definition) is 1. The maximum atomic E-state index is 3.27. The van der Waals surface area contributed by atoms with Crippen LogP contribution in [0.3, 0.4) is 0 Å². The molecule has 1 aromatic carbocycles. The zero-order chi connectivity index (χ0) is 13.5. The Balaban J connectivity index is 0.000000186. The molecule has 2 aliphatic rings. The summed E-state index contributed by atoms with van der Waals surface area (Å²) in [6, 6.07) is 11.0. The van der Waals surface area contributed by atoms with Gasteiger partial charge in [0, 0.05) is 0 Å². The molecule has 1 nitrogen and oxygen atoms in total. The first-order valence-electron chi connectivity index (χ1n) is 8.01. The lowest BCUT2D eigenvalue weighted by molar-refractivity contribution is 0.348. The smallest absolute Gasteiger partial charge is 0.00227 e. The molecule has 0 spiro atoms. The highest BCUT2D eigenvalue weighted by Crippen LogP contribution is 2.35. The average Bonchev–Trinajstić information content (AvgIpc) is 2.92. The Kier molecular flexibility index (Phi) is 5.91. The van der Waals surface area contributed by atoms with Gasteiger partial charge in [0.15, 0.2) is 0 Å². The molecule has 3 rings (SSSR count). The van der Waals surface area contributed by atoms with E-state index in [0.717, 1.165) is 17.8 Å². The van der Waals surface area contributed by atoms with Gasteiger partial charge in [-0.25, -0.2) is 0 Å². The van der Waals surface area contributed by atoms with Gasteiger partial charge in [-0.2, -0.15) is 0 Å². The van der Waals surface area contributed by atoms with E-state index in [9.17, 15) is 0 Å². The minimum atomic E-state index is 0.845. The van der Waals surface area contributed by atoms with Crippen LogP contribution in [0.1, 0.15) is 57.4 Å². The van der Waals surface area contributed by atoms with E-state index in [1.54, 1.807) is 5.56 Å². The van der Waals surface area contributed by atoms with Gasteiger partial charge >= 0.3 is 0 Å². The van der Waals surface area contributed by atoms with Gasteiger partial charge in [0.2, 0.25) is 0 Å². The fraction of sp³-hybridized carbons (Fsp3) is 0.667. The predicted octanol–water partition coefficient (Wildman–Crippen LogP) is 4.60. The number of rotatable bonds is 1. The van der Waals surface area contributed by atoms with Gasteiger partial charge in [0.25, 0.3) is 0 Å². The molecule has 1 atom stereocenters. The predicted molar refractivity (Wildman–Crippen MR) is 83.5 cm³/mol. The number of nitrogens with one attached hydrogen (secondary N) is 1. The molecule has 1 saturated heterocycles. The monoisotopic (exact) mass is 259 g/mol. The van der Waals surface area contributed by atoms with Crippen molar-refractivity contribution in [2.24, 2.45) is 11.8 Å². The maximum absolute atomic E-state index is 3.27. The molecule has 1 aliphatic heterocycles. The van der Waals surface area contributed by atoms with Crippen LogP contribution >= 0.6 is 0 Å². The summed E-state index contributed by atoms with van der Waals surface area (Å²) < 4.78 is 0. The molecule has 106 valence electrons. The zero-order valence-corrected chi connectivity index (χ0v) is 12.6. The van der Waals surface area contributed by atoms with E-state index in [4.69, 9.17) is 0 Å². The largest absolute Gasteiger partial charge is 0.316 e. The Morgan fingerprint density at radius 2 is 1.53 bits per heavy atom. The molecule has 0 radical (unpaired) electrons. The van der Waals surface area contributed by atoms with E-state index in [1.807, 2.05) is 0 Å². The van der Waals surface area contributed by atoms with Gasteiger partial charge < -0.3 is 5.32 Å². The Hall–Kier alpha value is -0.820. The quantitative estimate of drug-likeness (QED) is 0.777. The highest BCUT2D eigenvalue weighted by atomic mass is 14.9. The lowest BCUT2D eigenvalue weighted by Crippen LogP contribution is -2.10.